The molecule has 0 aromatic rings. The number of allylic oxidation sites excluding steroid dienone is 1. The van der Waals surface area contributed by atoms with Crippen molar-refractivity contribution in [2.75, 3.05) is 6.61 Å². The molecule has 2 aliphatic carbocycles. The van der Waals surface area contributed by atoms with Gasteiger partial charge in [0.15, 0.2) is 6.10 Å². The van der Waals surface area contributed by atoms with E-state index in [9.17, 15) is 24.0 Å². The number of carbonyl (C=O) groups is 5. The van der Waals surface area contributed by atoms with E-state index >= 15 is 0 Å². The quantitative estimate of drug-likeness (QED) is 0.0885. The topological polar surface area (TPSA) is 144 Å². The molecule has 11 heteroatoms. The zero-order valence-electron chi connectivity index (χ0n) is 29.0. The standard InChI is InChI=1S/C35H52O11/c1-12-17(4)15-24(38)44-29-20(7)25-27(28(35(11)16-41-35)32(29)46-34(40)19(6)14-3)26(21(8)42-22(9)36)31(43-23(10)37)30(25)45-33(39)18(5)13-2/h15,18-19,21,25-32H,7,12-14,16H2,1-6,8-11H3/b17-15+/t18-,19-,21+,25+,26-,27+,28+,29+,30+,31-,32-,35-/m1/s1. The van der Waals surface area contributed by atoms with E-state index in [-0.39, 0.29) is 0 Å². The highest BCUT2D eigenvalue weighted by molar-refractivity contribution is 5.83. The van der Waals surface area contributed by atoms with E-state index in [1.165, 1.54) is 19.9 Å². The Balaban J connectivity index is 2.29. The summed E-state index contributed by atoms with van der Waals surface area (Å²) >= 11 is 0. The van der Waals surface area contributed by atoms with Crippen LogP contribution in [0, 0.1) is 35.5 Å². The maximum Gasteiger partial charge on any atom is 0.331 e. The first-order valence-corrected chi connectivity index (χ1v) is 16.5. The molecule has 3 fully saturated rings. The van der Waals surface area contributed by atoms with Gasteiger partial charge in [-0.15, -0.1) is 0 Å². The number of ether oxygens (including phenoxy) is 6. The SMILES string of the molecule is C=C1[C@@H]2[C@H](OC(=O)[C@H](C)CC)[C@H](OC(C)=O)[C@H]([C@H](C)OC(C)=O)[C@H]2[C@H]([C@@]2(C)CO2)[C@@H](OC(=O)[C@H](C)CC)[C@H]1OC(=O)/C=C(\C)CC. The van der Waals surface area contributed by atoms with Gasteiger partial charge in [-0.2, -0.15) is 0 Å². The molecule has 3 aliphatic rings. The number of esters is 5. The molecule has 11 nitrogen and oxygen atoms in total. The van der Waals surface area contributed by atoms with Crippen LogP contribution in [0.3, 0.4) is 0 Å². The monoisotopic (exact) mass is 648 g/mol. The minimum atomic E-state index is -1.14. The highest BCUT2D eigenvalue weighted by Crippen LogP contribution is 2.60. The molecule has 2 saturated carbocycles. The molecule has 1 heterocycles. The van der Waals surface area contributed by atoms with Gasteiger partial charge in [0.2, 0.25) is 0 Å². The molecule has 0 radical (unpaired) electrons. The number of hydrogen-bond acceptors (Lipinski definition) is 11. The van der Waals surface area contributed by atoms with Crippen LogP contribution >= 0.6 is 0 Å². The van der Waals surface area contributed by atoms with Gasteiger partial charge < -0.3 is 28.4 Å². The second kappa shape index (κ2) is 15.1. The lowest BCUT2D eigenvalue weighted by molar-refractivity contribution is -0.185. The van der Waals surface area contributed by atoms with E-state index in [4.69, 9.17) is 28.4 Å². The molecule has 0 unspecified atom stereocenters. The van der Waals surface area contributed by atoms with Crippen LogP contribution in [0.15, 0.2) is 23.8 Å². The highest BCUT2D eigenvalue weighted by Gasteiger charge is 2.71. The Bertz CT molecular complexity index is 1220. The van der Waals surface area contributed by atoms with Crippen molar-refractivity contribution in [3.63, 3.8) is 0 Å². The summed E-state index contributed by atoms with van der Waals surface area (Å²) in [6, 6.07) is 0. The average Bonchev–Trinajstić information content (AvgIpc) is 3.65. The van der Waals surface area contributed by atoms with Crippen molar-refractivity contribution in [3.8, 4) is 0 Å². The third-order valence-electron chi connectivity index (χ3n) is 9.98. The van der Waals surface area contributed by atoms with Crippen LogP contribution in [0.5, 0.6) is 0 Å². The highest BCUT2D eigenvalue weighted by atomic mass is 16.6. The molecule has 0 aromatic carbocycles. The average molecular weight is 649 g/mol. The Hall–Kier alpha value is -3.21. The summed E-state index contributed by atoms with van der Waals surface area (Å²) in [4.78, 5) is 64.9. The molecule has 0 N–H and O–H groups in total. The Morgan fingerprint density at radius 1 is 0.870 bits per heavy atom. The normalized spacial score (nSPS) is 34.0. The van der Waals surface area contributed by atoms with Crippen LogP contribution in [0.1, 0.15) is 88.5 Å². The number of rotatable bonds is 13. The summed E-state index contributed by atoms with van der Waals surface area (Å²) in [6.07, 6.45) is -2.07. The Morgan fingerprint density at radius 3 is 1.87 bits per heavy atom. The maximum atomic E-state index is 13.4. The van der Waals surface area contributed by atoms with Gasteiger partial charge in [0.05, 0.1) is 24.0 Å². The predicted octanol–water partition coefficient (Wildman–Crippen LogP) is 4.89. The van der Waals surface area contributed by atoms with Crippen molar-refractivity contribution < 1.29 is 52.4 Å². The molecule has 0 bridgehead atoms. The van der Waals surface area contributed by atoms with E-state index in [0.29, 0.717) is 31.4 Å². The van der Waals surface area contributed by atoms with Gasteiger partial charge in [0, 0.05) is 37.7 Å². The first kappa shape index (κ1) is 37.2. The minimum absolute atomic E-state index is 0.310. The van der Waals surface area contributed by atoms with Gasteiger partial charge in [-0.1, -0.05) is 46.8 Å². The summed E-state index contributed by atoms with van der Waals surface area (Å²) in [5.41, 5.74) is 0.284. The number of fused-ring (bicyclic) bond motifs is 1. The van der Waals surface area contributed by atoms with Crippen LogP contribution < -0.4 is 0 Å². The molecule has 258 valence electrons. The van der Waals surface area contributed by atoms with Crippen molar-refractivity contribution in [2.24, 2.45) is 35.5 Å². The van der Waals surface area contributed by atoms with Crippen LogP contribution in [0.2, 0.25) is 0 Å². The Kier molecular flexibility index (Phi) is 12.3. The Labute approximate surface area is 272 Å². The molecule has 12 atom stereocenters. The van der Waals surface area contributed by atoms with E-state index in [1.54, 1.807) is 27.7 Å². The van der Waals surface area contributed by atoms with Gasteiger partial charge in [-0.05, 0) is 51.5 Å². The maximum absolute atomic E-state index is 13.4. The molecule has 0 amide bonds. The number of carbonyl (C=O) groups excluding carboxylic acids is 5. The summed E-state index contributed by atoms with van der Waals surface area (Å²) in [6.45, 7) is 21.7. The first-order valence-electron chi connectivity index (χ1n) is 16.5. The summed E-state index contributed by atoms with van der Waals surface area (Å²) in [5, 5.41) is 0. The number of hydrogen-bond donors (Lipinski definition) is 0. The second-order valence-corrected chi connectivity index (χ2v) is 13.4. The summed E-state index contributed by atoms with van der Waals surface area (Å²) in [7, 11) is 0. The second-order valence-electron chi connectivity index (χ2n) is 13.4. The van der Waals surface area contributed by atoms with E-state index in [0.717, 1.165) is 5.57 Å². The minimum Gasteiger partial charge on any atom is -0.462 e. The molecule has 0 spiro atoms. The zero-order chi connectivity index (χ0) is 34.7. The lowest BCUT2D eigenvalue weighted by atomic mass is 9.61. The fraction of sp³-hybridized carbons (Fsp3) is 0.743. The third-order valence-corrected chi connectivity index (χ3v) is 9.98. The van der Waals surface area contributed by atoms with Crippen LogP contribution in [-0.2, 0) is 52.4 Å². The fourth-order valence-electron chi connectivity index (χ4n) is 6.86. The first-order chi connectivity index (χ1) is 21.5. The largest absolute Gasteiger partial charge is 0.462 e. The summed E-state index contributed by atoms with van der Waals surface area (Å²) in [5.74, 6) is -6.39. The van der Waals surface area contributed by atoms with Gasteiger partial charge in [0.25, 0.3) is 0 Å². The van der Waals surface area contributed by atoms with Gasteiger partial charge in [0.1, 0.15) is 24.4 Å². The van der Waals surface area contributed by atoms with Crippen LogP contribution in [0.25, 0.3) is 0 Å². The van der Waals surface area contributed by atoms with Gasteiger partial charge in [-0.25, -0.2) is 4.79 Å². The van der Waals surface area contributed by atoms with Crippen molar-refractivity contribution in [1.82, 2.24) is 0 Å². The van der Waals surface area contributed by atoms with Crippen molar-refractivity contribution in [3.05, 3.63) is 23.8 Å². The predicted molar refractivity (Wildman–Crippen MR) is 167 cm³/mol. The van der Waals surface area contributed by atoms with Crippen molar-refractivity contribution >= 4 is 29.8 Å². The molecular weight excluding hydrogens is 596 g/mol. The van der Waals surface area contributed by atoms with Gasteiger partial charge in [-0.3, -0.25) is 19.2 Å². The van der Waals surface area contributed by atoms with E-state index < -0.39 is 101 Å². The molecule has 3 rings (SSSR count). The molecule has 46 heavy (non-hydrogen) atoms. The fourth-order valence-corrected chi connectivity index (χ4v) is 6.86. The van der Waals surface area contributed by atoms with Crippen molar-refractivity contribution in [1.29, 1.82) is 0 Å². The zero-order valence-corrected chi connectivity index (χ0v) is 29.0. The van der Waals surface area contributed by atoms with E-state index in [1.807, 2.05) is 27.7 Å². The molecule has 0 aromatic heterocycles. The molecule has 1 aliphatic heterocycles. The summed E-state index contributed by atoms with van der Waals surface area (Å²) < 4.78 is 36.1. The smallest absolute Gasteiger partial charge is 0.331 e. The van der Waals surface area contributed by atoms with Crippen LogP contribution in [-0.4, -0.2) is 72.6 Å². The molecular formula is C35H52O11. The number of epoxide rings is 1. The van der Waals surface area contributed by atoms with Crippen molar-refractivity contribution in [2.45, 2.75) is 125 Å². The van der Waals surface area contributed by atoms with Gasteiger partial charge >= 0.3 is 29.8 Å². The van der Waals surface area contributed by atoms with E-state index in [2.05, 4.69) is 6.58 Å². The Morgan fingerprint density at radius 2 is 1.41 bits per heavy atom. The molecule has 1 saturated heterocycles. The van der Waals surface area contributed by atoms with Crippen LogP contribution in [0.4, 0.5) is 0 Å². The third kappa shape index (κ3) is 8.01. The lowest BCUT2D eigenvalue weighted by Crippen LogP contribution is -2.58. The lowest BCUT2D eigenvalue weighted by Gasteiger charge is -2.48.